The molecule has 8 nitrogen and oxygen atoms in total. The van der Waals surface area contributed by atoms with Crippen molar-refractivity contribution in [2.45, 2.75) is 63.6 Å². The zero-order valence-electron chi connectivity index (χ0n) is 19.4. The highest BCUT2D eigenvalue weighted by molar-refractivity contribution is 7.99. The lowest BCUT2D eigenvalue weighted by atomic mass is 10.0. The number of rotatable bonds is 9. The van der Waals surface area contributed by atoms with Crippen LogP contribution in [0.3, 0.4) is 0 Å². The van der Waals surface area contributed by atoms with Crippen molar-refractivity contribution in [2.75, 3.05) is 41.1 Å². The number of thioether (sulfide) groups is 1. The molecule has 4 N–H and O–H groups in total. The molecule has 0 spiro atoms. The Labute approximate surface area is 199 Å². The van der Waals surface area contributed by atoms with Crippen molar-refractivity contribution >= 4 is 35.3 Å². The lowest BCUT2D eigenvalue weighted by Gasteiger charge is -2.24. The molecule has 0 bridgehead atoms. The minimum Gasteiger partial charge on any atom is -0.494 e. The molecule has 3 heterocycles. The Morgan fingerprint density at radius 3 is 2.76 bits per heavy atom. The van der Waals surface area contributed by atoms with E-state index in [-0.39, 0.29) is 11.8 Å². The number of hydrogen-bond acceptors (Lipinski definition) is 9. The van der Waals surface area contributed by atoms with E-state index in [4.69, 9.17) is 4.74 Å². The minimum absolute atomic E-state index is 0.196. The van der Waals surface area contributed by atoms with Crippen molar-refractivity contribution in [1.82, 2.24) is 20.3 Å². The summed E-state index contributed by atoms with van der Waals surface area (Å²) >= 11 is 1.96. The summed E-state index contributed by atoms with van der Waals surface area (Å²) in [5.41, 5.74) is 0.547. The number of halogens is 1. The predicted octanol–water partition coefficient (Wildman–Crippen LogP) is 4.40. The smallest absolute Gasteiger partial charge is 0.233 e. The maximum absolute atomic E-state index is 14.2. The first kappa shape index (κ1) is 23.8. The van der Waals surface area contributed by atoms with Crippen molar-refractivity contribution in [3.8, 4) is 5.75 Å². The highest BCUT2D eigenvalue weighted by Crippen LogP contribution is 2.25. The average molecular weight is 476 g/mol. The molecule has 2 saturated heterocycles. The molecule has 2 aliphatic rings. The molecule has 2 aromatic rings. The van der Waals surface area contributed by atoms with Crippen LogP contribution >= 0.6 is 11.8 Å². The van der Waals surface area contributed by atoms with Crippen molar-refractivity contribution in [3.05, 3.63) is 24.0 Å². The first-order valence-electron chi connectivity index (χ1n) is 11.9. The number of hydrogen-bond donors (Lipinski definition) is 4. The molecule has 3 atom stereocenters. The van der Waals surface area contributed by atoms with Gasteiger partial charge in [0.15, 0.2) is 11.6 Å². The van der Waals surface area contributed by atoms with Crippen LogP contribution in [0.2, 0.25) is 0 Å². The van der Waals surface area contributed by atoms with Crippen LogP contribution in [-0.4, -0.2) is 58.2 Å². The van der Waals surface area contributed by atoms with Crippen LogP contribution in [0.5, 0.6) is 5.75 Å². The monoisotopic (exact) mass is 475 g/mol. The fourth-order valence-electron chi connectivity index (χ4n) is 4.34. The normalized spacial score (nSPS) is 21.8. The van der Waals surface area contributed by atoms with Crippen LogP contribution in [0, 0.1) is 5.82 Å². The zero-order valence-corrected chi connectivity index (χ0v) is 20.2. The SMILES string of the molecule is CCC(Nc1nc(Nc2ccc(OC)c(F)c2)nc(NC2CCCCSC2)n1)C1CCCN1. The maximum Gasteiger partial charge on any atom is 0.233 e. The van der Waals surface area contributed by atoms with E-state index < -0.39 is 5.82 Å². The molecule has 0 amide bonds. The largest absolute Gasteiger partial charge is 0.494 e. The molecule has 10 heteroatoms. The predicted molar refractivity (Wildman–Crippen MR) is 133 cm³/mol. The second kappa shape index (κ2) is 11.7. The third-order valence-electron chi connectivity index (χ3n) is 6.13. The van der Waals surface area contributed by atoms with E-state index in [0.717, 1.165) is 31.6 Å². The summed E-state index contributed by atoms with van der Waals surface area (Å²) in [4.78, 5) is 13.9. The maximum atomic E-state index is 14.2. The molecule has 180 valence electrons. The van der Waals surface area contributed by atoms with E-state index in [1.54, 1.807) is 12.1 Å². The van der Waals surface area contributed by atoms with Gasteiger partial charge in [0.2, 0.25) is 17.8 Å². The first-order valence-corrected chi connectivity index (χ1v) is 13.0. The molecule has 33 heavy (non-hydrogen) atoms. The lowest BCUT2D eigenvalue weighted by molar-refractivity contribution is 0.386. The van der Waals surface area contributed by atoms with Gasteiger partial charge in [0, 0.05) is 35.6 Å². The van der Waals surface area contributed by atoms with E-state index in [1.165, 1.54) is 38.2 Å². The van der Waals surface area contributed by atoms with Gasteiger partial charge in [0.05, 0.1) is 7.11 Å². The third-order valence-corrected chi connectivity index (χ3v) is 7.34. The topological polar surface area (TPSA) is 96.0 Å². The molecule has 2 aliphatic heterocycles. The van der Waals surface area contributed by atoms with E-state index >= 15 is 0 Å². The van der Waals surface area contributed by atoms with E-state index in [0.29, 0.717) is 35.6 Å². The average Bonchev–Trinajstić information content (AvgIpc) is 3.22. The summed E-state index contributed by atoms with van der Waals surface area (Å²) in [5, 5.41) is 13.7. The van der Waals surface area contributed by atoms with Gasteiger partial charge < -0.3 is 26.0 Å². The molecular weight excluding hydrogens is 441 g/mol. The summed E-state index contributed by atoms with van der Waals surface area (Å²) in [6.07, 6.45) is 6.81. The fraction of sp³-hybridized carbons (Fsp3) is 0.609. The van der Waals surface area contributed by atoms with E-state index in [9.17, 15) is 4.39 Å². The fourth-order valence-corrected chi connectivity index (χ4v) is 5.45. The molecule has 0 aliphatic carbocycles. The van der Waals surface area contributed by atoms with Gasteiger partial charge in [-0.3, -0.25) is 0 Å². The van der Waals surface area contributed by atoms with Crippen LogP contribution in [0.1, 0.15) is 45.4 Å². The van der Waals surface area contributed by atoms with E-state index in [1.807, 2.05) is 11.8 Å². The van der Waals surface area contributed by atoms with Gasteiger partial charge >= 0.3 is 0 Å². The Bertz CT molecular complexity index is 904. The van der Waals surface area contributed by atoms with Crippen LogP contribution in [0.4, 0.5) is 27.9 Å². The first-order chi connectivity index (χ1) is 16.1. The Balaban J connectivity index is 1.56. The van der Waals surface area contributed by atoms with Gasteiger partial charge in [-0.1, -0.05) is 13.3 Å². The standard InChI is InChI=1S/C23H34FN7OS/c1-3-18(19-8-6-11-25-19)28-23-30-21(26-15-9-10-20(32-2)17(24)13-15)29-22(31-23)27-16-7-4-5-12-33-14-16/h9-10,13,16,18-19,25H,3-8,11-12,14H2,1-2H3,(H3,26,27,28,29,30,31). The Morgan fingerprint density at radius 1 is 1.15 bits per heavy atom. The van der Waals surface area contributed by atoms with Crippen molar-refractivity contribution in [3.63, 3.8) is 0 Å². The Morgan fingerprint density at radius 2 is 2.00 bits per heavy atom. The van der Waals surface area contributed by atoms with Gasteiger partial charge in [-0.2, -0.15) is 26.7 Å². The third kappa shape index (κ3) is 6.60. The highest BCUT2D eigenvalue weighted by atomic mass is 32.2. The van der Waals surface area contributed by atoms with E-state index in [2.05, 4.69) is 43.1 Å². The summed E-state index contributed by atoms with van der Waals surface area (Å²) in [6.45, 7) is 3.21. The number of ether oxygens (including phenoxy) is 1. The molecular formula is C23H34FN7OS. The Hall–Kier alpha value is -2.33. The second-order valence-corrected chi connectivity index (χ2v) is 9.70. The number of aromatic nitrogens is 3. The van der Waals surface area contributed by atoms with Crippen molar-refractivity contribution < 1.29 is 9.13 Å². The summed E-state index contributed by atoms with van der Waals surface area (Å²) in [5.74, 6) is 3.41. The highest BCUT2D eigenvalue weighted by Gasteiger charge is 2.24. The molecule has 1 aromatic carbocycles. The minimum atomic E-state index is -0.443. The second-order valence-electron chi connectivity index (χ2n) is 8.55. The van der Waals surface area contributed by atoms with Crippen LogP contribution in [0.15, 0.2) is 18.2 Å². The van der Waals surface area contributed by atoms with Crippen LogP contribution in [0.25, 0.3) is 0 Å². The molecule has 3 unspecified atom stereocenters. The van der Waals surface area contributed by atoms with Gasteiger partial charge in [-0.25, -0.2) is 4.39 Å². The molecule has 0 radical (unpaired) electrons. The number of nitrogens with zero attached hydrogens (tertiary/aromatic N) is 3. The van der Waals surface area contributed by atoms with Gasteiger partial charge in [-0.05, 0) is 56.5 Å². The Kier molecular flexibility index (Phi) is 8.44. The summed E-state index contributed by atoms with van der Waals surface area (Å²) in [7, 11) is 1.45. The van der Waals surface area contributed by atoms with Crippen molar-refractivity contribution in [1.29, 1.82) is 0 Å². The lowest BCUT2D eigenvalue weighted by Crippen LogP contribution is -2.40. The molecule has 1 aromatic heterocycles. The number of methoxy groups -OCH3 is 1. The van der Waals surface area contributed by atoms with Gasteiger partial charge in [0.1, 0.15) is 0 Å². The molecule has 4 rings (SSSR count). The summed E-state index contributed by atoms with van der Waals surface area (Å²) < 4.78 is 19.2. The molecule has 2 fully saturated rings. The van der Waals surface area contributed by atoms with Gasteiger partial charge in [-0.15, -0.1) is 0 Å². The summed E-state index contributed by atoms with van der Waals surface area (Å²) in [6, 6.07) is 5.64. The van der Waals surface area contributed by atoms with Crippen LogP contribution in [-0.2, 0) is 0 Å². The number of nitrogens with one attached hydrogen (secondary N) is 4. The number of anilines is 4. The van der Waals surface area contributed by atoms with Crippen LogP contribution < -0.4 is 26.0 Å². The number of benzene rings is 1. The van der Waals surface area contributed by atoms with Crippen molar-refractivity contribution in [2.24, 2.45) is 0 Å². The quantitative estimate of drug-likeness (QED) is 0.421. The van der Waals surface area contributed by atoms with Gasteiger partial charge in [0.25, 0.3) is 0 Å². The molecule has 0 saturated carbocycles. The zero-order chi connectivity index (χ0) is 23.0.